The van der Waals surface area contributed by atoms with Crippen LogP contribution in [0.15, 0.2) is 0 Å². The number of rotatable bonds is 8. The zero-order valence-electron chi connectivity index (χ0n) is 15.1. The van der Waals surface area contributed by atoms with Gasteiger partial charge in [-0.1, -0.05) is 48.5 Å². The molecular weight excluding hydrogens is 244 g/mol. The molecule has 1 aliphatic carbocycles. The first-order chi connectivity index (χ1) is 9.34. The second kappa shape index (κ2) is 7.26. The molecule has 120 valence electrons. The second-order valence-electron chi connectivity index (χ2n) is 7.47. The van der Waals surface area contributed by atoms with Crippen molar-refractivity contribution in [3.8, 4) is 0 Å². The Hall–Kier alpha value is -0.0800. The summed E-state index contributed by atoms with van der Waals surface area (Å²) in [6.45, 7) is 24.1. The van der Waals surface area contributed by atoms with Crippen molar-refractivity contribution in [1.29, 1.82) is 0 Å². The Labute approximate surface area is 127 Å². The van der Waals surface area contributed by atoms with Crippen molar-refractivity contribution in [2.24, 2.45) is 16.7 Å². The lowest BCUT2D eigenvalue weighted by molar-refractivity contribution is 0.0356. The van der Waals surface area contributed by atoms with E-state index in [4.69, 9.17) is 0 Å². The molecule has 0 radical (unpaired) electrons. The van der Waals surface area contributed by atoms with Crippen molar-refractivity contribution in [2.75, 3.05) is 39.3 Å². The monoisotopic (exact) mass is 282 g/mol. The number of nitrogens with zero attached hydrogens (tertiary/aromatic N) is 2. The van der Waals surface area contributed by atoms with E-state index in [2.05, 4.69) is 58.3 Å². The topological polar surface area (TPSA) is 6.48 Å². The molecule has 0 aromatic rings. The van der Waals surface area contributed by atoms with Crippen LogP contribution in [-0.2, 0) is 0 Å². The fraction of sp³-hybridized carbons (Fsp3) is 1.00. The zero-order valence-corrected chi connectivity index (χ0v) is 15.1. The van der Waals surface area contributed by atoms with E-state index >= 15 is 0 Å². The molecule has 1 aliphatic rings. The van der Waals surface area contributed by atoms with Crippen LogP contribution in [-0.4, -0.2) is 49.1 Å². The second-order valence-corrected chi connectivity index (χ2v) is 7.47. The van der Waals surface area contributed by atoms with E-state index in [1.165, 1.54) is 52.1 Å². The first-order valence-corrected chi connectivity index (χ1v) is 8.79. The van der Waals surface area contributed by atoms with E-state index in [0.29, 0.717) is 10.8 Å². The van der Waals surface area contributed by atoms with Gasteiger partial charge in [-0.3, -0.25) is 0 Å². The molecule has 1 rings (SSSR count). The molecule has 1 saturated carbocycles. The highest BCUT2D eigenvalue weighted by atomic mass is 15.1. The minimum absolute atomic E-state index is 0.443. The molecule has 2 atom stereocenters. The average molecular weight is 283 g/mol. The fourth-order valence-electron chi connectivity index (χ4n) is 4.01. The van der Waals surface area contributed by atoms with Crippen LogP contribution in [0.5, 0.6) is 0 Å². The van der Waals surface area contributed by atoms with Crippen LogP contribution in [0, 0.1) is 16.7 Å². The maximum Gasteiger partial charge on any atom is 0.00403 e. The predicted octanol–water partition coefficient (Wildman–Crippen LogP) is 4.11. The maximum atomic E-state index is 2.61. The van der Waals surface area contributed by atoms with E-state index in [1.807, 2.05) is 0 Å². The van der Waals surface area contributed by atoms with Gasteiger partial charge in [0, 0.05) is 13.1 Å². The van der Waals surface area contributed by atoms with Gasteiger partial charge in [0.1, 0.15) is 0 Å². The summed E-state index contributed by atoms with van der Waals surface area (Å²) in [6.07, 6.45) is 2.80. The van der Waals surface area contributed by atoms with Crippen molar-refractivity contribution >= 4 is 0 Å². The average Bonchev–Trinajstić information content (AvgIpc) is 2.65. The maximum absolute atomic E-state index is 2.61. The summed E-state index contributed by atoms with van der Waals surface area (Å²) in [4.78, 5) is 5.22. The van der Waals surface area contributed by atoms with Gasteiger partial charge in [0.15, 0.2) is 0 Å². The van der Waals surface area contributed by atoms with Crippen molar-refractivity contribution in [3.05, 3.63) is 0 Å². The van der Waals surface area contributed by atoms with Crippen LogP contribution >= 0.6 is 0 Å². The molecule has 0 aromatic heterocycles. The van der Waals surface area contributed by atoms with Gasteiger partial charge in [-0.25, -0.2) is 0 Å². The lowest BCUT2D eigenvalue weighted by Crippen LogP contribution is -2.46. The molecule has 0 spiro atoms. The van der Waals surface area contributed by atoms with Crippen LogP contribution in [0.2, 0.25) is 0 Å². The van der Waals surface area contributed by atoms with Crippen LogP contribution in [0.1, 0.15) is 61.3 Å². The highest BCUT2D eigenvalue weighted by molar-refractivity contribution is 5.02. The summed E-state index contributed by atoms with van der Waals surface area (Å²) < 4.78 is 0. The van der Waals surface area contributed by atoms with Crippen LogP contribution in [0.3, 0.4) is 0 Å². The van der Waals surface area contributed by atoms with Gasteiger partial charge in [0.25, 0.3) is 0 Å². The Morgan fingerprint density at radius 2 is 1.35 bits per heavy atom. The minimum atomic E-state index is 0.443. The van der Waals surface area contributed by atoms with E-state index < -0.39 is 0 Å². The molecule has 0 unspecified atom stereocenters. The molecule has 0 bridgehead atoms. The van der Waals surface area contributed by atoms with E-state index in [0.717, 1.165) is 5.92 Å². The quantitative estimate of drug-likeness (QED) is 0.661. The molecule has 0 aromatic carbocycles. The van der Waals surface area contributed by atoms with Gasteiger partial charge in [-0.05, 0) is 55.8 Å². The first kappa shape index (κ1) is 18.0. The van der Waals surface area contributed by atoms with Crippen LogP contribution < -0.4 is 0 Å². The smallest absolute Gasteiger partial charge is 0.00403 e. The molecule has 2 nitrogen and oxygen atoms in total. The Morgan fingerprint density at radius 1 is 0.850 bits per heavy atom. The Bertz CT molecular complexity index is 279. The van der Waals surface area contributed by atoms with Crippen molar-refractivity contribution in [3.63, 3.8) is 0 Å². The Kier molecular flexibility index (Phi) is 6.53. The third-order valence-electron chi connectivity index (χ3n) is 6.46. The standard InChI is InChI=1S/C18H38N2/c1-8-19(9-2)14-16-12-13-18(7,17(16,5)6)15-20(10-3)11-4/h16H,8-15H2,1-7H3/t16-,18+/m0/s1. The van der Waals surface area contributed by atoms with Gasteiger partial charge in [-0.15, -0.1) is 0 Å². The molecule has 20 heavy (non-hydrogen) atoms. The highest BCUT2D eigenvalue weighted by Gasteiger charge is 2.51. The summed E-state index contributed by atoms with van der Waals surface area (Å²) >= 11 is 0. The number of hydrogen-bond acceptors (Lipinski definition) is 2. The molecule has 0 saturated heterocycles. The third-order valence-corrected chi connectivity index (χ3v) is 6.46. The molecule has 0 heterocycles. The van der Waals surface area contributed by atoms with Crippen molar-refractivity contribution in [1.82, 2.24) is 9.80 Å². The summed E-state index contributed by atoms with van der Waals surface area (Å²) in [7, 11) is 0. The molecular formula is C18H38N2. The van der Waals surface area contributed by atoms with Gasteiger partial charge < -0.3 is 9.80 Å². The Balaban J connectivity index is 2.77. The van der Waals surface area contributed by atoms with E-state index in [-0.39, 0.29) is 0 Å². The minimum Gasteiger partial charge on any atom is -0.304 e. The molecule has 0 N–H and O–H groups in total. The van der Waals surface area contributed by atoms with Gasteiger partial charge >= 0.3 is 0 Å². The van der Waals surface area contributed by atoms with Gasteiger partial charge in [-0.2, -0.15) is 0 Å². The highest BCUT2D eigenvalue weighted by Crippen LogP contribution is 2.56. The molecule has 2 heteroatoms. The fourth-order valence-corrected chi connectivity index (χ4v) is 4.01. The lowest BCUT2D eigenvalue weighted by atomic mass is 9.65. The molecule has 0 amide bonds. The van der Waals surface area contributed by atoms with Gasteiger partial charge in [0.05, 0.1) is 0 Å². The summed E-state index contributed by atoms with van der Waals surface area (Å²) in [6, 6.07) is 0. The largest absolute Gasteiger partial charge is 0.304 e. The van der Waals surface area contributed by atoms with Crippen molar-refractivity contribution in [2.45, 2.75) is 61.3 Å². The van der Waals surface area contributed by atoms with E-state index in [1.54, 1.807) is 0 Å². The van der Waals surface area contributed by atoms with Crippen molar-refractivity contribution < 1.29 is 0 Å². The third kappa shape index (κ3) is 3.57. The van der Waals surface area contributed by atoms with Crippen LogP contribution in [0.25, 0.3) is 0 Å². The normalized spacial score (nSPS) is 29.6. The summed E-state index contributed by atoms with van der Waals surface area (Å²) in [5.74, 6) is 0.850. The molecule has 1 fully saturated rings. The predicted molar refractivity (Wildman–Crippen MR) is 90.2 cm³/mol. The molecule has 0 aliphatic heterocycles. The van der Waals surface area contributed by atoms with Crippen LogP contribution in [0.4, 0.5) is 0 Å². The summed E-state index contributed by atoms with van der Waals surface area (Å²) in [5, 5.41) is 0. The number of hydrogen-bond donors (Lipinski definition) is 0. The van der Waals surface area contributed by atoms with E-state index in [9.17, 15) is 0 Å². The SMILES string of the molecule is CCN(CC)C[C@@H]1CC[C@](C)(CN(CC)CC)C1(C)C. The zero-order chi connectivity index (χ0) is 15.4. The summed E-state index contributed by atoms with van der Waals surface area (Å²) in [5.41, 5.74) is 0.912. The Morgan fingerprint density at radius 3 is 1.80 bits per heavy atom. The lowest BCUT2D eigenvalue weighted by Gasteiger charge is -2.45. The first-order valence-electron chi connectivity index (χ1n) is 8.79. The van der Waals surface area contributed by atoms with Gasteiger partial charge in [0.2, 0.25) is 0 Å².